The van der Waals surface area contributed by atoms with Crippen molar-refractivity contribution in [3.05, 3.63) is 18.0 Å². The highest BCUT2D eigenvalue weighted by molar-refractivity contribution is 4.96. The molecule has 2 heteroatoms. The molecule has 0 N–H and O–H groups in total. The monoisotopic (exact) mass is 137 g/mol. The van der Waals surface area contributed by atoms with Crippen LogP contribution in [0.4, 0.5) is 0 Å². The van der Waals surface area contributed by atoms with Gasteiger partial charge in [0, 0.05) is 6.54 Å². The zero-order valence-corrected chi connectivity index (χ0v) is 6.59. The molecule has 1 aromatic heterocycles. The first-order chi connectivity index (χ1) is 4.86. The lowest BCUT2D eigenvalue weighted by Crippen LogP contribution is -1.97. The molecule has 0 atom stereocenters. The zero-order chi connectivity index (χ0) is 7.40. The molecule has 0 aromatic carbocycles. The smallest absolute Gasteiger partial charge is 0.0866 e. The number of hydrogen-bond acceptors (Lipinski definition) is 1. The largest absolute Gasteiger partial charge is 0.263 e. The van der Waals surface area contributed by atoms with Gasteiger partial charge in [0.05, 0.1) is 11.9 Å². The number of aryl methyl sites for hydroxylation is 2. The SMILES string of the molecule is CCCn1[c]cc(CC)n1. The minimum absolute atomic E-state index is 0.986. The number of rotatable bonds is 3. The summed E-state index contributed by atoms with van der Waals surface area (Å²) in [5.74, 6) is 0. The summed E-state index contributed by atoms with van der Waals surface area (Å²) in [5, 5.41) is 4.28. The standard InChI is InChI=1S/C8H13N2/c1-3-6-10-7-5-8(4-2)9-10/h5H,3-4,6H2,1-2H3. The van der Waals surface area contributed by atoms with E-state index in [-0.39, 0.29) is 0 Å². The van der Waals surface area contributed by atoms with E-state index in [1.54, 1.807) is 0 Å². The van der Waals surface area contributed by atoms with Gasteiger partial charge in [0.1, 0.15) is 0 Å². The van der Waals surface area contributed by atoms with Gasteiger partial charge in [-0.05, 0) is 18.9 Å². The molecule has 1 rings (SSSR count). The van der Waals surface area contributed by atoms with Crippen molar-refractivity contribution >= 4 is 0 Å². The molecule has 1 heterocycles. The molecule has 0 aliphatic rings. The Morgan fingerprint density at radius 2 is 2.40 bits per heavy atom. The van der Waals surface area contributed by atoms with Gasteiger partial charge in [-0.2, -0.15) is 5.10 Å². The average Bonchev–Trinajstić information content (AvgIpc) is 2.37. The molecule has 1 aromatic rings. The van der Waals surface area contributed by atoms with Gasteiger partial charge in [0.25, 0.3) is 0 Å². The van der Waals surface area contributed by atoms with Crippen LogP contribution in [0, 0.1) is 6.20 Å². The summed E-state index contributed by atoms with van der Waals surface area (Å²) >= 11 is 0. The molecule has 55 valence electrons. The summed E-state index contributed by atoms with van der Waals surface area (Å²) in [5.41, 5.74) is 1.13. The predicted molar refractivity (Wildman–Crippen MR) is 40.7 cm³/mol. The van der Waals surface area contributed by atoms with E-state index in [0.29, 0.717) is 0 Å². The maximum atomic E-state index is 4.28. The molecule has 0 unspecified atom stereocenters. The third kappa shape index (κ3) is 1.59. The Kier molecular flexibility index (Phi) is 2.49. The van der Waals surface area contributed by atoms with Gasteiger partial charge in [-0.25, -0.2) is 0 Å². The summed E-state index contributed by atoms with van der Waals surface area (Å²) < 4.78 is 1.87. The van der Waals surface area contributed by atoms with E-state index in [9.17, 15) is 0 Å². The fourth-order valence-electron chi connectivity index (χ4n) is 0.861. The predicted octanol–water partition coefficient (Wildman–Crippen LogP) is 1.66. The first-order valence-corrected chi connectivity index (χ1v) is 3.81. The van der Waals surface area contributed by atoms with E-state index >= 15 is 0 Å². The van der Waals surface area contributed by atoms with Gasteiger partial charge in [-0.3, -0.25) is 4.68 Å². The van der Waals surface area contributed by atoms with Crippen molar-refractivity contribution in [1.82, 2.24) is 9.78 Å². The van der Waals surface area contributed by atoms with E-state index in [1.165, 1.54) is 0 Å². The van der Waals surface area contributed by atoms with Gasteiger partial charge < -0.3 is 0 Å². The molecule has 1 radical (unpaired) electrons. The van der Waals surface area contributed by atoms with Gasteiger partial charge >= 0.3 is 0 Å². The third-order valence-corrected chi connectivity index (χ3v) is 1.43. The molecular formula is C8H13N2. The lowest BCUT2D eigenvalue weighted by Gasteiger charge is -1.93. The second-order valence-corrected chi connectivity index (χ2v) is 2.34. The number of hydrogen-bond donors (Lipinski definition) is 0. The Morgan fingerprint density at radius 3 is 2.90 bits per heavy atom. The topological polar surface area (TPSA) is 17.8 Å². The minimum Gasteiger partial charge on any atom is -0.263 e. The molecular weight excluding hydrogens is 124 g/mol. The summed E-state index contributed by atoms with van der Waals surface area (Å²) in [7, 11) is 0. The Bertz CT molecular complexity index is 191. The van der Waals surface area contributed by atoms with Crippen LogP contribution in [0.1, 0.15) is 26.0 Å². The van der Waals surface area contributed by atoms with E-state index < -0.39 is 0 Å². The van der Waals surface area contributed by atoms with Crippen LogP contribution < -0.4 is 0 Å². The van der Waals surface area contributed by atoms with Crippen molar-refractivity contribution in [3.63, 3.8) is 0 Å². The van der Waals surface area contributed by atoms with Crippen molar-refractivity contribution in [2.24, 2.45) is 0 Å². The van der Waals surface area contributed by atoms with Crippen LogP contribution in [-0.4, -0.2) is 9.78 Å². The third-order valence-electron chi connectivity index (χ3n) is 1.43. The second-order valence-electron chi connectivity index (χ2n) is 2.34. The molecule has 0 bridgehead atoms. The Balaban J connectivity index is 2.59. The molecule has 0 fully saturated rings. The van der Waals surface area contributed by atoms with Crippen molar-refractivity contribution in [1.29, 1.82) is 0 Å². The summed E-state index contributed by atoms with van der Waals surface area (Å²) in [6.45, 7) is 5.23. The minimum atomic E-state index is 0.986. The fourth-order valence-corrected chi connectivity index (χ4v) is 0.861. The van der Waals surface area contributed by atoms with Crippen LogP contribution in [0.5, 0.6) is 0 Å². The van der Waals surface area contributed by atoms with Crippen molar-refractivity contribution < 1.29 is 0 Å². The lowest BCUT2D eigenvalue weighted by molar-refractivity contribution is 0.591. The van der Waals surface area contributed by atoms with Crippen molar-refractivity contribution in [3.8, 4) is 0 Å². The highest BCUT2D eigenvalue weighted by Gasteiger charge is 1.93. The summed E-state index contributed by atoms with van der Waals surface area (Å²) in [6.07, 6.45) is 5.20. The van der Waals surface area contributed by atoms with Gasteiger partial charge in [-0.15, -0.1) is 0 Å². The maximum absolute atomic E-state index is 4.28. The Hall–Kier alpha value is -0.790. The normalized spacial score (nSPS) is 10.2. The van der Waals surface area contributed by atoms with Gasteiger partial charge in [0.15, 0.2) is 0 Å². The molecule has 0 saturated carbocycles. The van der Waals surface area contributed by atoms with E-state index in [2.05, 4.69) is 25.1 Å². The first kappa shape index (κ1) is 7.32. The molecule has 10 heavy (non-hydrogen) atoms. The first-order valence-electron chi connectivity index (χ1n) is 3.81. The van der Waals surface area contributed by atoms with Crippen LogP contribution in [0.25, 0.3) is 0 Å². The molecule has 2 nitrogen and oxygen atoms in total. The number of nitrogens with zero attached hydrogens (tertiary/aromatic N) is 2. The maximum Gasteiger partial charge on any atom is 0.0866 e. The lowest BCUT2D eigenvalue weighted by atomic mass is 10.4. The van der Waals surface area contributed by atoms with Gasteiger partial charge in [-0.1, -0.05) is 13.8 Å². The summed E-state index contributed by atoms with van der Waals surface area (Å²) in [6, 6.07) is 1.95. The zero-order valence-electron chi connectivity index (χ0n) is 6.59. The van der Waals surface area contributed by atoms with Crippen LogP contribution >= 0.6 is 0 Å². The van der Waals surface area contributed by atoms with E-state index in [0.717, 1.165) is 25.1 Å². The summed E-state index contributed by atoms with van der Waals surface area (Å²) in [4.78, 5) is 0. The Labute approximate surface area is 61.9 Å². The van der Waals surface area contributed by atoms with Crippen LogP contribution in [0.15, 0.2) is 6.07 Å². The molecule has 0 aliphatic heterocycles. The highest BCUT2D eigenvalue weighted by atomic mass is 15.3. The molecule has 0 amide bonds. The van der Waals surface area contributed by atoms with Gasteiger partial charge in [0.2, 0.25) is 0 Å². The second kappa shape index (κ2) is 3.40. The highest BCUT2D eigenvalue weighted by Crippen LogP contribution is 1.95. The molecule has 0 spiro atoms. The fraction of sp³-hybridized carbons (Fsp3) is 0.625. The van der Waals surface area contributed by atoms with E-state index in [1.807, 2.05) is 10.7 Å². The Morgan fingerprint density at radius 1 is 1.60 bits per heavy atom. The van der Waals surface area contributed by atoms with Crippen LogP contribution in [0.2, 0.25) is 0 Å². The molecule has 0 saturated heterocycles. The van der Waals surface area contributed by atoms with E-state index in [4.69, 9.17) is 0 Å². The van der Waals surface area contributed by atoms with Crippen LogP contribution in [-0.2, 0) is 13.0 Å². The molecule has 0 aliphatic carbocycles. The van der Waals surface area contributed by atoms with Crippen molar-refractivity contribution in [2.75, 3.05) is 0 Å². The quantitative estimate of drug-likeness (QED) is 0.619. The van der Waals surface area contributed by atoms with Crippen LogP contribution in [0.3, 0.4) is 0 Å². The average molecular weight is 137 g/mol. The number of aromatic nitrogens is 2. The van der Waals surface area contributed by atoms with Crippen molar-refractivity contribution in [2.45, 2.75) is 33.2 Å².